The molecule has 0 radical (unpaired) electrons. The largest absolute Gasteiger partial charge is 0.472 e. The van der Waals surface area contributed by atoms with Crippen LogP contribution in [0.1, 0.15) is 24.6 Å². The van der Waals surface area contributed by atoms with Crippen LogP contribution in [-0.4, -0.2) is 38.8 Å². The Balaban J connectivity index is 1.73. The highest BCUT2D eigenvalue weighted by Crippen LogP contribution is 2.23. The lowest BCUT2D eigenvalue weighted by molar-refractivity contribution is 0.151. The van der Waals surface area contributed by atoms with E-state index in [1.54, 1.807) is 37.6 Å². The molecule has 0 aliphatic carbocycles. The summed E-state index contributed by atoms with van der Waals surface area (Å²) in [6, 6.07) is 6.18. The maximum atomic E-state index is 12.7. The fourth-order valence-corrected chi connectivity index (χ4v) is 2.35. The van der Waals surface area contributed by atoms with E-state index in [-0.39, 0.29) is 12.2 Å². The van der Waals surface area contributed by atoms with E-state index in [9.17, 15) is 8.78 Å². The van der Waals surface area contributed by atoms with E-state index in [2.05, 4.69) is 35.4 Å². The molecule has 0 spiro atoms. The van der Waals surface area contributed by atoms with Crippen molar-refractivity contribution in [3.63, 3.8) is 0 Å². The minimum absolute atomic E-state index is 0.145. The summed E-state index contributed by atoms with van der Waals surface area (Å²) in [4.78, 5) is 12.2. The van der Waals surface area contributed by atoms with Gasteiger partial charge in [-0.25, -0.2) is 8.78 Å². The molecular weight excluding hydrogens is 380 g/mol. The molecule has 3 rings (SSSR count). The van der Waals surface area contributed by atoms with Gasteiger partial charge in [0, 0.05) is 37.3 Å². The summed E-state index contributed by atoms with van der Waals surface area (Å²) in [5.74, 6) is 0.311. The third-order valence-corrected chi connectivity index (χ3v) is 3.79. The van der Waals surface area contributed by atoms with Crippen LogP contribution in [-0.2, 0) is 0 Å². The van der Waals surface area contributed by atoms with Crippen molar-refractivity contribution in [1.82, 2.24) is 25.1 Å². The molecule has 148 valence electrons. The molecule has 10 heteroatoms. The highest BCUT2D eigenvalue weighted by Gasteiger charge is 2.12. The quantitative estimate of drug-likeness (QED) is 0.555. The second-order valence-electron chi connectivity index (χ2n) is 5.84. The Morgan fingerprint density at radius 1 is 1.03 bits per heavy atom. The monoisotopic (exact) mass is 397 g/mol. The molecule has 0 aliphatic heterocycles. The third-order valence-electron chi connectivity index (χ3n) is 3.79. The number of hydrogen-bond donors (Lipinski definition) is 0. The zero-order valence-corrected chi connectivity index (χ0v) is 15.7. The van der Waals surface area contributed by atoms with Gasteiger partial charge in [0.1, 0.15) is 23.7 Å². The Morgan fingerprint density at radius 3 is 2.48 bits per heavy atom. The maximum Gasteiger partial charge on any atom is 0.265 e. The van der Waals surface area contributed by atoms with Crippen LogP contribution < -0.4 is 4.74 Å². The second kappa shape index (κ2) is 9.49. The van der Waals surface area contributed by atoms with Crippen molar-refractivity contribution in [2.24, 2.45) is 10.2 Å². The van der Waals surface area contributed by atoms with E-state index in [4.69, 9.17) is 4.74 Å². The Bertz CT molecular complexity index is 991. The lowest BCUT2D eigenvalue weighted by atomic mass is 10.1. The van der Waals surface area contributed by atoms with Gasteiger partial charge in [-0.1, -0.05) is 0 Å². The van der Waals surface area contributed by atoms with Crippen molar-refractivity contribution < 1.29 is 13.5 Å². The number of pyridine rings is 1. The molecule has 8 nitrogen and oxygen atoms in total. The molecule has 3 aromatic heterocycles. The molecular formula is C19H17F2N7O. The van der Waals surface area contributed by atoms with Crippen LogP contribution in [0.25, 0.3) is 17.1 Å². The van der Waals surface area contributed by atoms with E-state index in [1.807, 2.05) is 0 Å². The summed E-state index contributed by atoms with van der Waals surface area (Å²) in [5.41, 5.74) is 2.58. The van der Waals surface area contributed by atoms with Crippen molar-refractivity contribution in [2.45, 2.75) is 13.3 Å². The smallest absolute Gasteiger partial charge is 0.265 e. The summed E-state index contributed by atoms with van der Waals surface area (Å²) >= 11 is 0. The van der Waals surface area contributed by atoms with Gasteiger partial charge in [-0.15, -0.1) is 10.2 Å². The summed E-state index contributed by atoms with van der Waals surface area (Å²) in [7, 11) is 1.51. The number of rotatable bonds is 7. The van der Waals surface area contributed by atoms with Gasteiger partial charge in [-0.3, -0.25) is 15.0 Å². The van der Waals surface area contributed by atoms with Crippen LogP contribution >= 0.6 is 0 Å². The van der Waals surface area contributed by atoms with Crippen LogP contribution in [0.4, 0.5) is 8.78 Å². The average Bonchev–Trinajstić information content (AvgIpc) is 2.77. The van der Waals surface area contributed by atoms with Gasteiger partial charge in [0.2, 0.25) is 5.88 Å². The zero-order chi connectivity index (χ0) is 20.6. The molecule has 0 bridgehead atoms. The minimum atomic E-state index is -2.58. The van der Waals surface area contributed by atoms with Gasteiger partial charge < -0.3 is 4.74 Å². The second-order valence-corrected chi connectivity index (χ2v) is 5.84. The highest BCUT2D eigenvalue weighted by atomic mass is 19.3. The number of aromatic nitrogens is 5. The number of halogens is 2. The first-order valence-electron chi connectivity index (χ1n) is 8.55. The van der Waals surface area contributed by atoms with Gasteiger partial charge in [0.15, 0.2) is 0 Å². The topological polar surface area (TPSA) is 98.4 Å². The van der Waals surface area contributed by atoms with Crippen LogP contribution in [0.3, 0.4) is 0 Å². The van der Waals surface area contributed by atoms with Gasteiger partial charge in [-0.05, 0) is 30.7 Å². The minimum Gasteiger partial charge on any atom is -0.472 e. The number of alkyl halides is 2. The number of hydrogen-bond acceptors (Lipinski definition) is 8. The van der Waals surface area contributed by atoms with Crippen LogP contribution in [0, 0.1) is 0 Å². The van der Waals surface area contributed by atoms with Crippen molar-refractivity contribution >= 4 is 5.70 Å². The SMILES string of the molecule is CN=N/C(=C(\C)COc1ccc(-c2cnccn2)nn1)c1ccc(C(F)F)cn1. The highest BCUT2D eigenvalue weighted by molar-refractivity contribution is 5.64. The Morgan fingerprint density at radius 2 is 1.90 bits per heavy atom. The molecule has 0 amide bonds. The molecule has 0 unspecified atom stereocenters. The van der Waals surface area contributed by atoms with Crippen LogP contribution in [0.2, 0.25) is 0 Å². The van der Waals surface area contributed by atoms with E-state index >= 15 is 0 Å². The zero-order valence-electron chi connectivity index (χ0n) is 15.7. The molecule has 0 fully saturated rings. The van der Waals surface area contributed by atoms with Crippen LogP contribution in [0.5, 0.6) is 5.88 Å². The fraction of sp³-hybridized carbons (Fsp3) is 0.211. The van der Waals surface area contributed by atoms with Crippen molar-refractivity contribution in [3.05, 3.63) is 65.9 Å². The summed E-state index contributed by atoms with van der Waals surface area (Å²) in [6.07, 6.45) is 3.28. The number of azo groups is 1. The first kappa shape index (κ1) is 20.1. The Labute approximate surface area is 165 Å². The molecule has 0 saturated heterocycles. The maximum absolute atomic E-state index is 12.7. The predicted molar refractivity (Wildman–Crippen MR) is 101 cm³/mol. The van der Waals surface area contributed by atoms with Crippen molar-refractivity contribution in [2.75, 3.05) is 13.7 Å². The molecule has 3 aromatic rings. The van der Waals surface area contributed by atoms with E-state index in [1.165, 1.54) is 19.2 Å². The third kappa shape index (κ3) is 5.18. The number of nitrogens with zero attached hydrogens (tertiary/aromatic N) is 7. The van der Waals surface area contributed by atoms with Gasteiger partial charge in [0.05, 0.1) is 11.9 Å². The lowest BCUT2D eigenvalue weighted by Gasteiger charge is -2.09. The van der Waals surface area contributed by atoms with Crippen molar-refractivity contribution in [3.8, 4) is 17.3 Å². The van der Waals surface area contributed by atoms with E-state index < -0.39 is 6.43 Å². The summed E-state index contributed by atoms with van der Waals surface area (Å²) in [6.45, 7) is 1.93. The summed E-state index contributed by atoms with van der Waals surface area (Å²) in [5, 5.41) is 15.9. The average molecular weight is 397 g/mol. The molecule has 0 atom stereocenters. The molecule has 29 heavy (non-hydrogen) atoms. The standard InChI is InChI=1S/C19H17F2N7O/c1-12(18(28-22-2)15-4-3-13(9-25-15)19(20)21)11-29-17-6-5-14(26-27-17)16-10-23-7-8-24-16/h3-10,19H,11H2,1-2H3/b18-12+,28-22?. The molecule has 3 heterocycles. The van der Waals surface area contributed by atoms with E-state index in [0.29, 0.717) is 34.2 Å². The van der Waals surface area contributed by atoms with Crippen molar-refractivity contribution in [1.29, 1.82) is 0 Å². The fourth-order valence-electron chi connectivity index (χ4n) is 2.35. The number of ether oxygens (including phenoxy) is 1. The summed E-state index contributed by atoms with van der Waals surface area (Å²) < 4.78 is 31.1. The normalized spacial score (nSPS) is 12.3. The first-order chi connectivity index (χ1) is 14.1. The molecule has 0 aliphatic rings. The van der Waals surface area contributed by atoms with Gasteiger partial charge in [-0.2, -0.15) is 10.2 Å². The predicted octanol–water partition coefficient (Wildman–Crippen LogP) is 4.16. The first-order valence-corrected chi connectivity index (χ1v) is 8.55. The van der Waals surface area contributed by atoms with Gasteiger partial charge >= 0.3 is 0 Å². The van der Waals surface area contributed by atoms with Gasteiger partial charge in [0.25, 0.3) is 6.43 Å². The molecule has 0 aromatic carbocycles. The molecule has 0 N–H and O–H groups in total. The van der Waals surface area contributed by atoms with E-state index in [0.717, 1.165) is 6.20 Å². The lowest BCUT2D eigenvalue weighted by Crippen LogP contribution is -2.04. The molecule has 0 saturated carbocycles. The van der Waals surface area contributed by atoms with Crippen LogP contribution in [0.15, 0.2) is 64.9 Å². The Kier molecular flexibility index (Phi) is 6.56. The Hall–Kier alpha value is -3.69.